The molecule has 1 aromatic carbocycles. The second-order valence-electron chi connectivity index (χ2n) is 6.33. The first kappa shape index (κ1) is 14.4. The Balaban J connectivity index is 2.13. The number of hydrogen-bond donors (Lipinski definition) is 0. The average Bonchev–Trinajstić information content (AvgIpc) is 2.37. The van der Waals surface area contributed by atoms with Crippen molar-refractivity contribution in [3.8, 4) is 0 Å². The maximum absolute atomic E-state index is 12.5. The standard InChI is InChI=1S/C16H22O2S/c1-16(2,3)12-7-9-14(10-8-12)19(18)15-6-4-5-13(17)11-15/h7-10,15H,4-6,11H2,1-3H3. The molecule has 0 radical (unpaired) electrons. The number of Topliss-reactive ketones (excluding diaryl/α,β-unsaturated/α-hetero) is 1. The van der Waals surface area contributed by atoms with Crippen molar-refractivity contribution in [3.63, 3.8) is 0 Å². The lowest BCUT2D eigenvalue weighted by atomic mass is 9.87. The molecular weight excluding hydrogens is 256 g/mol. The molecular formula is C16H22O2S. The van der Waals surface area contributed by atoms with Crippen LogP contribution in [0.2, 0.25) is 0 Å². The minimum absolute atomic E-state index is 0.0155. The summed E-state index contributed by atoms with van der Waals surface area (Å²) >= 11 is 0. The molecule has 1 aliphatic rings. The van der Waals surface area contributed by atoms with Crippen LogP contribution in [0.1, 0.15) is 52.0 Å². The van der Waals surface area contributed by atoms with E-state index in [0.29, 0.717) is 12.8 Å². The first-order valence-corrected chi connectivity index (χ1v) is 8.12. The van der Waals surface area contributed by atoms with Gasteiger partial charge in [-0.25, -0.2) is 0 Å². The van der Waals surface area contributed by atoms with Crippen molar-refractivity contribution in [2.75, 3.05) is 0 Å². The predicted molar refractivity (Wildman–Crippen MR) is 78.8 cm³/mol. The Kier molecular flexibility index (Phi) is 4.24. The van der Waals surface area contributed by atoms with Crippen LogP contribution in [-0.2, 0) is 21.0 Å². The first-order valence-electron chi connectivity index (χ1n) is 6.91. The quantitative estimate of drug-likeness (QED) is 0.828. The summed E-state index contributed by atoms with van der Waals surface area (Å²) in [7, 11) is -1.05. The van der Waals surface area contributed by atoms with Crippen LogP contribution in [0.3, 0.4) is 0 Å². The summed E-state index contributed by atoms with van der Waals surface area (Å²) in [5, 5.41) is 0.0155. The SMILES string of the molecule is CC(C)(C)c1ccc(S(=O)C2CCCC(=O)C2)cc1. The van der Waals surface area contributed by atoms with Gasteiger partial charge in [0, 0.05) is 23.0 Å². The summed E-state index contributed by atoms with van der Waals surface area (Å²) in [6, 6.07) is 8.02. The maximum Gasteiger partial charge on any atom is 0.134 e. The Hall–Kier alpha value is -0.960. The van der Waals surface area contributed by atoms with E-state index in [-0.39, 0.29) is 16.4 Å². The summed E-state index contributed by atoms with van der Waals surface area (Å²) in [6.45, 7) is 6.50. The van der Waals surface area contributed by atoms with Crippen molar-refractivity contribution < 1.29 is 9.00 Å². The smallest absolute Gasteiger partial charge is 0.134 e. The highest BCUT2D eigenvalue weighted by atomic mass is 32.2. The van der Waals surface area contributed by atoms with Gasteiger partial charge in [-0.15, -0.1) is 0 Å². The normalized spacial score (nSPS) is 22.3. The fraction of sp³-hybridized carbons (Fsp3) is 0.562. The van der Waals surface area contributed by atoms with E-state index in [4.69, 9.17) is 0 Å². The third-order valence-electron chi connectivity index (χ3n) is 3.69. The lowest BCUT2D eigenvalue weighted by Crippen LogP contribution is -2.24. The molecule has 1 fully saturated rings. The second-order valence-corrected chi connectivity index (χ2v) is 8.06. The molecule has 2 atom stereocenters. The largest absolute Gasteiger partial charge is 0.300 e. The van der Waals surface area contributed by atoms with E-state index in [9.17, 15) is 9.00 Å². The van der Waals surface area contributed by atoms with Crippen LogP contribution in [-0.4, -0.2) is 15.2 Å². The van der Waals surface area contributed by atoms with Crippen molar-refractivity contribution in [1.82, 2.24) is 0 Å². The van der Waals surface area contributed by atoms with Crippen LogP contribution in [0.5, 0.6) is 0 Å². The molecule has 0 N–H and O–H groups in total. The Bertz CT molecular complexity index is 482. The number of carbonyl (C=O) groups is 1. The summed E-state index contributed by atoms with van der Waals surface area (Å²) < 4.78 is 12.5. The van der Waals surface area contributed by atoms with Gasteiger partial charge in [0.15, 0.2) is 0 Å². The second kappa shape index (κ2) is 5.58. The van der Waals surface area contributed by atoms with E-state index in [1.807, 2.05) is 12.1 Å². The molecule has 0 saturated heterocycles. The van der Waals surface area contributed by atoms with Crippen molar-refractivity contribution >= 4 is 16.6 Å². The number of ketones is 1. The number of rotatable bonds is 2. The van der Waals surface area contributed by atoms with Gasteiger partial charge in [0.05, 0.1) is 10.8 Å². The Labute approximate surface area is 118 Å². The van der Waals surface area contributed by atoms with Gasteiger partial charge < -0.3 is 0 Å². The van der Waals surface area contributed by atoms with Crippen molar-refractivity contribution in [2.45, 2.75) is 62.0 Å². The lowest BCUT2D eigenvalue weighted by molar-refractivity contribution is -0.120. The number of carbonyl (C=O) groups excluding carboxylic acids is 1. The molecule has 2 nitrogen and oxygen atoms in total. The molecule has 19 heavy (non-hydrogen) atoms. The molecule has 3 heteroatoms. The zero-order valence-electron chi connectivity index (χ0n) is 11.9. The van der Waals surface area contributed by atoms with E-state index in [1.165, 1.54) is 5.56 Å². The van der Waals surface area contributed by atoms with E-state index < -0.39 is 10.8 Å². The molecule has 1 aromatic rings. The van der Waals surface area contributed by atoms with Gasteiger partial charge in [0.2, 0.25) is 0 Å². The van der Waals surface area contributed by atoms with Gasteiger partial charge in [-0.3, -0.25) is 9.00 Å². The zero-order valence-corrected chi connectivity index (χ0v) is 12.8. The summed E-state index contributed by atoms with van der Waals surface area (Å²) in [5.74, 6) is 0.260. The molecule has 2 unspecified atom stereocenters. The molecule has 2 rings (SSSR count). The van der Waals surface area contributed by atoms with Gasteiger partial charge in [0.25, 0.3) is 0 Å². The maximum atomic E-state index is 12.5. The van der Waals surface area contributed by atoms with Crippen LogP contribution in [0.4, 0.5) is 0 Å². The molecule has 104 valence electrons. The molecule has 0 spiro atoms. The average molecular weight is 278 g/mol. The molecule has 0 aliphatic heterocycles. The molecule has 0 bridgehead atoms. The fourth-order valence-electron chi connectivity index (χ4n) is 2.45. The van der Waals surface area contributed by atoms with Gasteiger partial charge in [-0.1, -0.05) is 32.9 Å². The van der Waals surface area contributed by atoms with Crippen LogP contribution >= 0.6 is 0 Å². The Morgan fingerprint density at radius 3 is 2.32 bits per heavy atom. The molecule has 1 saturated carbocycles. The third-order valence-corrected chi connectivity index (χ3v) is 5.44. The molecule has 1 aliphatic carbocycles. The fourth-order valence-corrected chi connectivity index (χ4v) is 3.96. The van der Waals surface area contributed by atoms with Crippen LogP contribution in [0, 0.1) is 0 Å². The summed E-state index contributed by atoms with van der Waals surface area (Å²) in [5.41, 5.74) is 1.36. The van der Waals surface area contributed by atoms with Crippen LogP contribution in [0.25, 0.3) is 0 Å². The van der Waals surface area contributed by atoms with Gasteiger partial charge in [-0.2, -0.15) is 0 Å². The molecule has 0 heterocycles. The highest BCUT2D eigenvalue weighted by molar-refractivity contribution is 7.85. The first-order chi connectivity index (χ1) is 8.88. The monoisotopic (exact) mass is 278 g/mol. The highest BCUT2D eigenvalue weighted by Gasteiger charge is 2.25. The Morgan fingerprint density at radius 1 is 1.16 bits per heavy atom. The molecule has 0 amide bonds. The number of hydrogen-bond acceptors (Lipinski definition) is 2. The van der Waals surface area contributed by atoms with Gasteiger partial charge in [-0.05, 0) is 36.0 Å². The van der Waals surface area contributed by atoms with Crippen LogP contribution < -0.4 is 0 Å². The van der Waals surface area contributed by atoms with Crippen LogP contribution in [0.15, 0.2) is 29.2 Å². The zero-order chi connectivity index (χ0) is 14.0. The highest BCUT2D eigenvalue weighted by Crippen LogP contribution is 2.27. The van der Waals surface area contributed by atoms with E-state index in [1.54, 1.807) is 0 Å². The third kappa shape index (κ3) is 3.53. The van der Waals surface area contributed by atoms with E-state index in [2.05, 4.69) is 32.9 Å². The van der Waals surface area contributed by atoms with E-state index >= 15 is 0 Å². The van der Waals surface area contributed by atoms with Crippen molar-refractivity contribution in [1.29, 1.82) is 0 Å². The van der Waals surface area contributed by atoms with Crippen molar-refractivity contribution in [3.05, 3.63) is 29.8 Å². The molecule has 0 aromatic heterocycles. The lowest BCUT2D eigenvalue weighted by Gasteiger charge is -2.22. The topological polar surface area (TPSA) is 34.1 Å². The Morgan fingerprint density at radius 2 is 1.79 bits per heavy atom. The van der Waals surface area contributed by atoms with Gasteiger partial charge >= 0.3 is 0 Å². The minimum atomic E-state index is -1.05. The van der Waals surface area contributed by atoms with Crippen molar-refractivity contribution in [2.24, 2.45) is 0 Å². The van der Waals surface area contributed by atoms with E-state index in [0.717, 1.165) is 17.7 Å². The predicted octanol–water partition coefficient (Wildman–Crippen LogP) is 3.60. The summed E-state index contributed by atoms with van der Waals surface area (Å²) in [6.07, 6.45) is 2.93. The van der Waals surface area contributed by atoms with Gasteiger partial charge in [0.1, 0.15) is 5.78 Å². The number of benzene rings is 1. The minimum Gasteiger partial charge on any atom is -0.300 e. The summed E-state index contributed by atoms with van der Waals surface area (Å²) in [4.78, 5) is 12.3.